The molecule has 6 aromatic rings. The van der Waals surface area contributed by atoms with E-state index in [2.05, 4.69) is 85.8 Å². The summed E-state index contributed by atoms with van der Waals surface area (Å²) in [4.78, 5) is 0. The van der Waals surface area contributed by atoms with Crippen molar-refractivity contribution in [2.45, 2.75) is 38.9 Å². The average Bonchev–Trinajstić information content (AvgIpc) is 3.69. The minimum Gasteiger partial charge on any atom is -0.238 e. The third-order valence-electron chi connectivity index (χ3n) is 6.49. The summed E-state index contributed by atoms with van der Waals surface area (Å²) < 4.78 is 6.06. The lowest BCUT2D eigenvalue weighted by Gasteiger charge is -2.09. The van der Waals surface area contributed by atoms with E-state index in [-0.39, 0.29) is 0 Å². The highest BCUT2D eigenvalue weighted by Gasteiger charge is 2.12. The van der Waals surface area contributed by atoms with Crippen LogP contribution in [0.25, 0.3) is 17.1 Å². The van der Waals surface area contributed by atoms with E-state index in [4.69, 9.17) is 0 Å². The SMILES string of the molecule is Cc1cc(CBr)n(-c2ccccc2)n1.Cc1cc(CCc2cc(C)nn2-c2ccccc2)n(-c2ccccc2)n1. The lowest BCUT2D eigenvalue weighted by atomic mass is 10.1. The molecule has 7 heteroatoms. The zero-order valence-electron chi connectivity index (χ0n) is 23.1. The quantitative estimate of drug-likeness (QED) is 0.180. The molecule has 0 amide bonds. The van der Waals surface area contributed by atoms with Crippen LogP contribution in [0, 0.1) is 20.8 Å². The predicted molar refractivity (Wildman–Crippen MR) is 165 cm³/mol. The van der Waals surface area contributed by atoms with Crippen molar-refractivity contribution in [3.63, 3.8) is 0 Å². The number of para-hydroxylation sites is 3. The van der Waals surface area contributed by atoms with Gasteiger partial charge in [-0.25, -0.2) is 14.0 Å². The van der Waals surface area contributed by atoms with Gasteiger partial charge in [0.05, 0.1) is 39.8 Å². The highest BCUT2D eigenvalue weighted by molar-refractivity contribution is 9.08. The largest absolute Gasteiger partial charge is 0.238 e. The fraction of sp³-hybridized carbons (Fsp3) is 0.182. The third-order valence-corrected chi connectivity index (χ3v) is 7.07. The molecular weight excluding hydrogens is 560 g/mol. The second-order valence-corrected chi connectivity index (χ2v) is 10.3. The lowest BCUT2D eigenvalue weighted by molar-refractivity contribution is 0.740. The number of halogens is 1. The molecule has 6 rings (SSSR count). The van der Waals surface area contributed by atoms with Crippen molar-refractivity contribution in [2.75, 3.05) is 0 Å². The van der Waals surface area contributed by atoms with Crippen LogP contribution in [0.4, 0.5) is 0 Å². The smallest absolute Gasteiger partial charge is 0.0649 e. The summed E-state index contributed by atoms with van der Waals surface area (Å²) in [6.45, 7) is 6.09. The number of alkyl halides is 1. The summed E-state index contributed by atoms with van der Waals surface area (Å²) in [6, 6.07) is 37.2. The molecule has 0 saturated heterocycles. The van der Waals surface area contributed by atoms with Crippen LogP contribution in [0.15, 0.2) is 109 Å². The Morgan fingerprint density at radius 1 is 0.475 bits per heavy atom. The Bertz CT molecular complexity index is 1570. The average molecular weight is 594 g/mol. The van der Waals surface area contributed by atoms with E-state index in [0.29, 0.717) is 0 Å². The highest BCUT2D eigenvalue weighted by atomic mass is 79.9. The molecule has 40 heavy (non-hydrogen) atoms. The Balaban J connectivity index is 0.000000194. The van der Waals surface area contributed by atoms with Crippen molar-refractivity contribution >= 4 is 15.9 Å². The van der Waals surface area contributed by atoms with Crippen LogP contribution in [0.1, 0.15) is 34.2 Å². The van der Waals surface area contributed by atoms with Crippen molar-refractivity contribution in [2.24, 2.45) is 0 Å². The Kier molecular flexibility index (Phi) is 8.71. The molecular formula is C33H33BrN6. The van der Waals surface area contributed by atoms with Gasteiger partial charge in [-0.05, 0) is 88.2 Å². The molecule has 3 aromatic heterocycles. The van der Waals surface area contributed by atoms with E-state index >= 15 is 0 Å². The molecule has 0 aliphatic heterocycles. The fourth-order valence-corrected chi connectivity index (χ4v) is 5.14. The normalized spacial score (nSPS) is 10.8. The summed E-state index contributed by atoms with van der Waals surface area (Å²) in [5.74, 6) is 0. The van der Waals surface area contributed by atoms with Crippen LogP contribution in [-0.4, -0.2) is 29.3 Å². The molecule has 0 unspecified atom stereocenters. The zero-order valence-corrected chi connectivity index (χ0v) is 24.7. The molecule has 0 aliphatic carbocycles. The first-order valence-corrected chi connectivity index (χ1v) is 14.5. The Morgan fingerprint density at radius 2 is 0.775 bits per heavy atom. The second kappa shape index (κ2) is 12.7. The molecule has 0 spiro atoms. The molecule has 202 valence electrons. The number of benzene rings is 3. The summed E-state index contributed by atoms with van der Waals surface area (Å²) in [6.07, 6.45) is 1.82. The van der Waals surface area contributed by atoms with Crippen LogP contribution in [0.2, 0.25) is 0 Å². The van der Waals surface area contributed by atoms with Crippen molar-refractivity contribution in [1.82, 2.24) is 29.3 Å². The summed E-state index contributed by atoms with van der Waals surface area (Å²) in [5.41, 5.74) is 10.0. The minimum absolute atomic E-state index is 0.822. The molecule has 0 fully saturated rings. The van der Waals surface area contributed by atoms with E-state index < -0.39 is 0 Å². The summed E-state index contributed by atoms with van der Waals surface area (Å²) >= 11 is 3.46. The van der Waals surface area contributed by atoms with Crippen LogP contribution in [-0.2, 0) is 18.2 Å². The van der Waals surface area contributed by atoms with Crippen LogP contribution >= 0.6 is 15.9 Å². The molecule has 0 radical (unpaired) electrons. The van der Waals surface area contributed by atoms with E-state index in [1.807, 2.05) is 89.4 Å². The van der Waals surface area contributed by atoms with Gasteiger partial charge in [0.15, 0.2) is 0 Å². The van der Waals surface area contributed by atoms with Crippen molar-refractivity contribution < 1.29 is 0 Å². The maximum absolute atomic E-state index is 4.67. The zero-order chi connectivity index (χ0) is 27.9. The highest BCUT2D eigenvalue weighted by Crippen LogP contribution is 2.18. The van der Waals surface area contributed by atoms with Crippen molar-refractivity contribution in [1.29, 1.82) is 0 Å². The van der Waals surface area contributed by atoms with Crippen molar-refractivity contribution in [3.05, 3.63) is 143 Å². The van der Waals surface area contributed by atoms with Gasteiger partial charge in [0.2, 0.25) is 0 Å². The Morgan fingerprint density at radius 3 is 1.10 bits per heavy atom. The molecule has 3 aromatic carbocycles. The van der Waals surface area contributed by atoms with Gasteiger partial charge in [-0.15, -0.1) is 0 Å². The van der Waals surface area contributed by atoms with E-state index in [1.165, 1.54) is 17.1 Å². The number of hydrogen-bond donors (Lipinski definition) is 0. The number of hydrogen-bond acceptors (Lipinski definition) is 3. The molecule has 0 N–H and O–H groups in total. The summed E-state index contributed by atoms with van der Waals surface area (Å²) in [7, 11) is 0. The van der Waals surface area contributed by atoms with E-state index in [0.717, 1.165) is 52.3 Å². The van der Waals surface area contributed by atoms with Crippen LogP contribution in [0.3, 0.4) is 0 Å². The topological polar surface area (TPSA) is 53.5 Å². The Hall–Kier alpha value is -4.23. The fourth-order valence-electron chi connectivity index (χ4n) is 4.74. The standard InChI is InChI=1S/C22H22N4.C11H11BrN2/c1-17-15-21(25(23-17)19-9-5-3-6-10-19)13-14-22-16-18(2)24-26(22)20-11-7-4-8-12-20;1-9-7-11(8-12)14(13-9)10-5-3-2-4-6-10/h3-12,15-16H,13-14H2,1-2H3;2-7H,8H2,1H3. The van der Waals surface area contributed by atoms with Gasteiger partial charge >= 0.3 is 0 Å². The van der Waals surface area contributed by atoms with Gasteiger partial charge in [0.1, 0.15) is 0 Å². The second-order valence-electron chi connectivity index (χ2n) is 9.71. The minimum atomic E-state index is 0.822. The predicted octanol–water partition coefficient (Wildman–Crippen LogP) is 7.54. The maximum atomic E-state index is 4.67. The molecule has 0 bridgehead atoms. The lowest BCUT2D eigenvalue weighted by Crippen LogP contribution is -2.07. The van der Waals surface area contributed by atoms with Gasteiger partial charge in [0.25, 0.3) is 0 Å². The van der Waals surface area contributed by atoms with Gasteiger partial charge in [0, 0.05) is 16.7 Å². The van der Waals surface area contributed by atoms with Gasteiger partial charge < -0.3 is 0 Å². The van der Waals surface area contributed by atoms with E-state index in [9.17, 15) is 0 Å². The first kappa shape index (κ1) is 27.3. The van der Waals surface area contributed by atoms with Gasteiger partial charge in [-0.3, -0.25) is 0 Å². The molecule has 0 saturated carbocycles. The molecule has 6 nitrogen and oxygen atoms in total. The molecule has 0 atom stereocenters. The Labute approximate surface area is 244 Å². The van der Waals surface area contributed by atoms with Crippen molar-refractivity contribution in [3.8, 4) is 17.1 Å². The van der Waals surface area contributed by atoms with Crippen LogP contribution < -0.4 is 0 Å². The molecule has 0 aliphatic rings. The first-order valence-electron chi connectivity index (χ1n) is 13.4. The number of rotatable bonds is 7. The monoisotopic (exact) mass is 592 g/mol. The summed E-state index contributed by atoms with van der Waals surface area (Å²) in [5, 5.41) is 14.6. The molecule has 3 heterocycles. The third kappa shape index (κ3) is 6.49. The number of aromatic nitrogens is 6. The first-order chi connectivity index (χ1) is 19.5. The van der Waals surface area contributed by atoms with E-state index in [1.54, 1.807) is 0 Å². The number of nitrogens with zero attached hydrogens (tertiary/aromatic N) is 6. The van der Waals surface area contributed by atoms with Crippen LogP contribution in [0.5, 0.6) is 0 Å². The van der Waals surface area contributed by atoms with Gasteiger partial charge in [-0.1, -0.05) is 70.5 Å². The maximum Gasteiger partial charge on any atom is 0.0649 e. The number of aryl methyl sites for hydroxylation is 5. The van der Waals surface area contributed by atoms with Gasteiger partial charge in [-0.2, -0.15) is 15.3 Å².